The minimum absolute atomic E-state index is 0.196. The normalized spacial score (nSPS) is 24.1. The van der Waals surface area contributed by atoms with E-state index in [0.717, 1.165) is 37.5 Å². The average molecular weight is 340 g/mol. The van der Waals surface area contributed by atoms with Gasteiger partial charge < -0.3 is 10.4 Å². The second kappa shape index (κ2) is 10.7. The molecule has 0 aromatic rings. The summed E-state index contributed by atoms with van der Waals surface area (Å²) in [7, 11) is 0. The van der Waals surface area contributed by atoms with Crippen molar-refractivity contribution in [3.63, 3.8) is 0 Å². The van der Waals surface area contributed by atoms with Gasteiger partial charge in [-0.15, -0.1) is 0 Å². The van der Waals surface area contributed by atoms with Crippen molar-refractivity contribution in [1.29, 1.82) is 0 Å². The first-order valence-corrected chi connectivity index (χ1v) is 9.83. The fraction of sp³-hybridized carbons (Fsp3) is 0.900. The molecule has 24 heavy (non-hydrogen) atoms. The molecule has 4 nitrogen and oxygen atoms in total. The van der Waals surface area contributed by atoms with Crippen LogP contribution in [0.1, 0.15) is 91.4 Å². The lowest BCUT2D eigenvalue weighted by atomic mass is 9.70. The number of carbonyl (C=O) groups is 2. The fourth-order valence-electron chi connectivity index (χ4n) is 3.64. The van der Waals surface area contributed by atoms with Gasteiger partial charge in [-0.1, -0.05) is 46.5 Å². The van der Waals surface area contributed by atoms with E-state index in [1.807, 2.05) is 0 Å². The van der Waals surface area contributed by atoms with E-state index in [-0.39, 0.29) is 17.7 Å². The molecule has 0 spiro atoms. The molecule has 1 aliphatic rings. The summed E-state index contributed by atoms with van der Waals surface area (Å²) >= 11 is 0. The summed E-state index contributed by atoms with van der Waals surface area (Å²) < 4.78 is 0. The number of hydrogen-bond donors (Lipinski definition) is 2. The number of unbranched alkanes of at least 4 members (excludes halogenated alkanes) is 2. The van der Waals surface area contributed by atoms with Gasteiger partial charge in [0.25, 0.3) is 0 Å². The molecule has 2 N–H and O–H groups in total. The Morgan fingerprint density at radius 3 is 2.38 bits per heavy atom. The molecule has 4 heteroatoms. The SMILES string of the molecule is CC(C)CCC[C@H]1CC[C@@](C)(C(=O)NCCCCCC(=O)O)CC1. The third-order valence-corrected chi connectivity index (χ3v) is 5.50. The Labute approximate surface area is 147 Å². The molecule has 0 unspecified atom stereocenters. The van der Waals surface area contributed by atoms with Crippen molar-refractivity contribution in [2.24, 2.45) is 17.3 Å². The minimum Gasteiger partial charge on any atom is -0.481 e. The summed E-state index contributed by atoms with van der Waals surface area (Å²) in [4.78, 5) is 22.9. The van der Waals surface area contributed by atoms with Crippen molar-refractivity contribution in [3.8, 4) is 0 Å². The molecule has 0 aromatic carbocycles. The summed E-state index contributed by atoms with van der Waals surface area (Å²) in [6.45, 7) is 7.34. The van der Waals surface area contributed by atoms with E-state index in [1.165, 1.54) is 32.1 Å². The Hall–Kier alpha value is -1.06. The van der Waals surface area contributed by atoms with E-state index in [0.29, 0.717) is 13.0 Å². The van der Waals surface area contributed by atoms with Gasteiger partial charge in [-0.2, -0.15) is 0 Å². The van der Waals surface area contributed by atoms with Crippen LogP contribution in [0.25, 0.3) is 0 Å². The van der Waals surface area contributed by atoms with Gasteiger partial charge in [0.1, 0.15) is 0 Å². The zero-order valence-electron chi connectivity index (χ0n) is 15.9. The number of nitrogens with one attached hydrogen (secondary N) is 1. The summed E-state index contributed by atoms with van der Waals surface area (Å²) in [5.74, 6) is 1.05. The van der Waals surface area contributed by atoms with E-state index in [4.69, 9.17) is 5.11 Å². The number of carbonyl (C=O) groups excluding carboxylic acids is 1. The van der Waals surface area contributed by atoms with Crippen LogP contribution >= 0.6 is 0 Å². The first-order chi connectivity index (χ1) is 11.3. The zero-order valence-corrected chi connectivity index (χ0v) is 15.9. The van der Waals surface area contributed by atoms with Gasteiger partial charge in [-0.05, 0) is 50.4 Å². The van der Waals surface area contributed by atoms with Crippen molar-refractivity contribution in [3.05, 3.63) is 0 Å². The first-order valence-electron chi connectivity index (χ1n) is 9.83. The third kappa shape index (κ3) is 8.16. The Bertz CT molecular complexity index is 384. The highest BCUT2D eigenvalue weighted by molar-refractivity contribution is 5.82. The number of carboxylic acid groups (broad SMARTS) is 1. The van der Waals surface area contributed by atoms with Crippen LogP contribution in [-0.2, 0) is 9.59 Å². The predicted octanol–water partition coefficient (Wildman–Crippen LogP) is 4.77. The van der Waals surface area contributed by atoms with E-state index in [2.05, 4.69) is 26.1 Å². The molecule has 140 valence electrons. The van der Waals surface area contributed by atoms with Crippen molar-refractivity contribution in [1.82, 2.24) is 5.32 Å². The maximum atomic E-state index is 12.5. The van der Waals surface area contributed by atoms with E-state index < -0.39 is 5.97 Å². The Balaban J connectivity index is 2.17. The van der Waals surface area contributed by atoms with Gasteiger partial charge in [0, 0.05) is 18.4 Å². The van der Waals surface area contributed by atoms with E-state index in [1.54, 1.807) is 0 Å². The largest absolute Gasteiger partial charge is 0.481 e. The lowest BCUT2D eigenvalue weighted by molar-refractivity contribution is -0.137. The lowest BCUT2D eigenvalue weighted by Crippen LogP contribution is -2.41. The lowest BCUT2D eigenvalue weighted by Gasteiger charge is -2.36. The third-order valence-electron chi connectivity index (χ3n) is 5.50. The molecule has 0 bridgehead atoms. The molecule has 0 radical (unpaired) electrons. The second-order valence-corrected chi connectivity index (χ2v) is 8.29. The van der Waals surface area contributed by atoms with Crippen molar-refractivity contribution >= 4 is 11.9 Å². The smallest absolute Gasteiger partial charge is 0.303 e. The van der Waals surface area contributed by atoms with Gasteiger partial charge in [-0.25, -0.2) is 0 Å². The highest BCUT2D eigenvalue weighted by atomic mass is 16.4. The molecular weight excluding hydrogens is 302 g/mol. The Morgan fingerprint density at radius 2 is 1.79 bits per heavy atom. The van der Waals surface area contributed by atoms with Gasteiger partial charge in [0.05, 0.1) is 0 Å². The summed E-state index contributed by atoms with van der Waals surface area (Å²) in [5, 5.41) is 11.7. The first kappa shape index (κ1) is 21.0. The number of carboxylic acids is 1. The predicted molar refractivity (Wildman–Crippen MR) is 97.9 cm³/mol. The highest BCUT2D eigenvalue weighted by Crippen LogP contribution is 2.40. The van der Waals surface area contributed by atoms with Crippen LogP contribution in [0.5, 0.6) is 0 Å². The van der Waals surface area contributed by atoms with Gasteiger partial charge >= 0.3 is 5.97 Å². The Kier molecular flexibility index (Phi) is 9.38. The van der Waals surface area contributed by atoms with Crippen LogP contribution in [0.3, 0.4) is 0 Å². The Morgan fingerprint density at radius 1 is 1.12 bits per heavy atom. The molecule has 1 amide bonds. The quantitative estimate of drug-likeness (QED) is 0.533. The number of amides is 1. The van der Waals surface area contributed by atoms with Crippen LogP contribution in [0.15, 0.2) is 0 Å². The topological polar surface area (TPSA) is 66.4 Å². The fourth-order valence-corrected chi connectivity index (χ4v) is 3.64. The molecule has 0 aliphatic heterocycles. The summed E-state index contributed by atoms with van der Waals surface area (Å²) in [6, 6.07) is 0. The molecular formula is C20H37NO3. The van der Waals surface area contributed by atoms with Crippen molar-refractivity contribution in [2.75, 3.05) is 6.54 Å². The maximum absolute atomic E-state index is 12.5. The van der Waals surface area contributed by atoms with E-state index >= 15 is 0 Å². The summed E-state index contributed by atoms with van der Waals surface area (Å²) in [6.07, 6.45) is 11.0. The standard InChI is InChI=1S/C20H37NO3/c1-16(2)8-7-9-17-11-13-20(3,14-12-17)19(24)21-15-6-4-5-10-18(22)23/h16-17H,4-15H2,1-3H3,(H,21,24)(H,22,23)/t17-,20+. The van der Waals surface area contributed by atoms with Gasteiger partial charge in [0.15, 0.2) is 0 Å². The average Bonchev–Trinajstić information content (AvgIpc) is 2.52. The molecule has 0 saturated heterocycles. The molecule has 0 atom stereocenters. The second-order valence-electron chi connectivity index (χ2n) is 8.29. The van der Waals surface area contributed by atoms with Crippen LogP contribution in [0.2, 0.25) is 0 Å². The monoisotopic (exact) mass is 339 g/mol. The number of aliphatic carboxylic acids is 1. The van der Waals surface area contributed by atoms with Crippen molar-refractivity contribution < 1.29 is 14.7 Å². The van der Waals surface area contributed by atoms with Crippen molar-refractivity contribution in [2.45, 2.75) is 91.4 Å². The molecule has 0 heterocycles. The van der Waals surface area contributed by atoms with Gasteiger partial charge in [-0.3, -0.25) is 9.59 Å². The molecule has 1 aliphatic carbocycles. The highest BCUT2D eigenvalue weighted by Gasteiger charge is 2.36. The molecule has 0 aromatic heterocycles. The number of rotatable bonds is 11. The minimum atomic E-state index is -0.739. The molecule has 1 saturated carbocycles. The van der Waals surface area contributed by atoms with Gasteiger partial charge in [0.2, 0.25) is 5.91 Å². The molecule has 1 rings (SSSR count). The van der Waals surface area contributed by atoms with Crippen LogP contribution < -0.4 is 5.32 Å². The van der Waals surface area contributed by atoms with Crippen LogP contribution in [-0.4, -0.2) is 23.5 Å². The van der Waals surface area contributed by atoms with E-state index in [9.17, 15) is 9.59 Å². The van der Waals surface area contributed by atoms with Crippen LogP contribution in [0, 0.1) is 17.3 Å². The summed E-state index contributed by atoms with van der Waals surface area (Å²) in [5.41, 5.74) is -0.199. The number of hydrogen-bond acceptors (Lipinski definition) is 2. The zero-order chi connectivity index (χ0) is 18.0. The molecule has 1 fully saturated rings. The van der Waals surface area contributed by atoms with Crippen LogP contribution in [0.4, 0.5) is 0 Å². The maximum Gasteiger partial charge on any atom is 0.303 e.